The van der Waals surface area contributed by atoms with Crippen LogP contribution >= 0.6 is 0 Å². The van der Waals surface area contributed by atoms with Gasteiger partial charge in [-0.1, -0.05) is 12.8 Å². The summed E-state index contributed by atoms with van der Waals surface area (Å²) >= 11 is 0. The third-order valence-electron chi connectivity index (χ3n) is 5.86. The molecule has 26 heavy (non-hydrogen) atoms. The number of hydrogen-bond donors (Lipinski definition) is 2. The van der Waals surface area contributed by atoms with E-state index < -0.39 is 0 Å². The topological polar surface area (TPSA) is 58.0 Å². The van der Waals surface area contributed by atoms with E-state index in [1.165, 1.54) is 43.9 Å². The van der Waals surface area contributed by atoms with Crippen LogP contribution in [0.3, 0.4) is 0 Å². The first kappa shape index (κ1) is 17.7. The van der Waals surface area contributed by atoms with Gasteiger partial charge in [-0.25, -0.2) is 4.98 Å². The molecule has 0 spiro atoms. The van der Waals surface area contributed by atoms with E-state index >= 15 is 0 Å². The first-order valence-corrected chi connectivity index (χ1v) is 10.2. The quantitative estimate of drug-likeness (QED) is 0.882. The number of pyridine rings is 1. The maximum atomic E-state index is 4.96. The zero-order valence-corrected chi connectivity index (χ0v) is 16.2. The van der Waals surface area contributed by atoms with Crippen molar-refractivity contribution >= 4 is 16.9 Å². The fourth-order valence-electron chi connectivity index (χ4n) is 4.36. The Morgan fingerprint density at radius 3 is 2.77 bits per heavy atom. The van der Waals surface area contributed by atoms with Crippen molar-refractivity contribution in [2.24, 2.45) is 7.05 Å². The summed E-state index contributed by atoms with van der Waals surface area (Å²) in [5.74, 6) is 1.11. The van der Waals surface area contributed by atoms with Crippen molar-refractivity contribution in [3.63, 3.8) is 0 Å². The molecule has 6 heteroatoms. The summed E-state index contributed by atoms with van der Waals surface area (Å²) in [5.41, 5.74) is 2.12. The first-order chi connectivity index (χ1) is 12.7. The molecule has 4 heterocycles. The molecule has 2 aliphatic rings. The lowest BCUT2D eigenvalue weighted by Crippen LogP contribution is -2.44. The molecule has 0 radical (unpaired) electrons. The zero-order chi connectivity index (χ0) is 17.9. The van der Waals surface area contributed by atoms with Crippen LogP contribution in [0.2, 0.25) is 0 Å². The van der Waals surface area contributed by atoms with Gasteiger partial charge in [-0.05, 0) is 51.3 Å². The summed E-state index contributed by atoms with van der Waals surface area (Å²) in [6.45, 7) is 6.43. The molecule has 2 unspecified atom stereocenters. The molecular formula is C20H32N6. The molecule has 2 aromatic heterocycles. The summed E-state index contributed by atoms with van der Waals surface area (Å²) < 4.78 is 1.94. The van der Waals surface area contributed by atoms with Gasteiger partial charge in [0.15, 0.2) is 5.65 Å². The number of piperidine rings is 1. The largest absolute Gasteiger partial charge is 0.357 e. The van der Waals surface area contributed by atoms with Gasteiger partial charge < -0.3 is 15.5 Å². The summed E-state index contributed by atoms with van der Waals surface area (Å²) in [6, 6.07) is 5.58. The Labute approximate surface area is 156 Å². The van der Waals surface area contributed by atoms with Crippen LogP contribution in [0.25, 0.3) is 11.0 Å². The van der Waals surface area contributed by atoms with Crippen LogP contribution in [0.1, 0.15) is 51.1 Å². The lowest BCUT2D eigenvalue weighted by Gasteiger charge is -2.28. The molecule has 0 saturated carbocycles. The van der Waals surface area contributed by atoms with Crippen LogP contribution in [0.5, 0.6) is 0 Å². The van der Waals surface area contributed by atoms with Crippen LogP contribution in [0.4, 0.5) is 5.82 Å². The maximum Gasteiger partial charge on any atom is 0.160 e. The number of rotatable bonds is 4. The number of fused-ring (bicyclic) bond motifs is 1. The monoisotopic (exact) mass is 356 g/mol. The number of aromatic nitrogens is 3. The molecule has 6 nitrogen and oxygen atoms in total. The molecule has 2 aliphatic heterocycles. The van der Waals surface area contributed by atoms with Gasteiger partial charge in [-0.3, -0.25) is 4.68 Å². The van der Waals surface area contributed by atoms with Crippen LogP contribution in [0.15, 0.2) is 12.1 Å². The SMILES string of the molecule is CC1CC(NCc2nn(C)c3nc(N4CCCCCC4)ccc23)CCN1. The predicted octanol–water partition coefficient (Wildman–Crippen LogP) is 2.58. The summed E-state index contributed by atoms with van der Waals surface area (Å²) in [4.78, 5) is 7.39. The second kappa shape index (κ2) is 7.92. The minimum absolute atomic E-state index is 0.577. The third kappa shape index (κ3) is 3.86. The Kier molecular flexibility index (Phi) is 5.41. The van der Waals surface area contributed by atoms with E-state index in [1.54, 1.807) is 0 Å². The van der Waals surface area contributed by atoms with E-state index in [9.17, 15) is 0 Å². The highest BCUT2D eigenvalue weighted by atomic mass is 15.3. The van der Waals surface area contributed by atoms with Crippen molar-refractivity contribution in [2.75, 3.05) is 24.5 Å². The van der Waals surface area contributed by atoms with Crippen molar-refractivity contribution in [3.8, 4) is 0 Å². The molecule has 0 bridgehead atoms. The summed E-state index contributed by atoms with van der Waals surface area (Å²) in [5, 5.41) is 13.2. The van der Waals surface area contributed by atoms with Crippen molar-refractivity contribution < 1.29 is 0 Å². The molecule has 0 amide bonds. The Hall–Kier alpha value is -1.66. The standard InChI is InChI=1S/C20H32N6/c1-15-13-16(9-10-21-15)22-14-18-17-7-8-19(23-20(17)25(2)24-18)26-11-5-3-4-6-12-26/h7-8,15-16,21-22H,3-6,9-14H2,1-2H3. The molecule has 2 aromatic rings. The van der Waals surface area contributed by atoms with Crippen LogP contribution in [-0.2, 0) is 13.6 Å². The van der Waals surface area contributed by atoms with Gasteiger partial charge in [-0.15, -0.1) is 0 Å². The van der Waals surface area contributed by atoms with Crippen molar-refractivity contribution in [3.05, 3.63) is 17.8 Å². The summed E-state index contributed by atoms with van der Waals surface area (Å²) in [6.07, 6.45) is 7.60. The van der Waals surface area contributed by atoms with Crippen molar-refractivity contribution in [1.29, 1.82) is 0 Å². The van der Waals surface area contributed by atoms with E-state index in [4.69, 9.17) is 10.1 Å². The van der Waals surface area contributed by atoms with E-state index in [0.29, 0.717) is 12.1 Å². The predicted molar refractivity (Wildman–Crippen MR) is 107 cm³/mol. The van der Waals surface area contributed by atoms with Crippen molar-refractivity contribution in [2.45, 2.75) is 64.1 Å². The average Bonchev–Trinajstić information content (AvgIpc) is 2.82. The van der Waals surface area contributed by atoms with E-state index in [0.717, 1.165) is 43.3 Å². The van der Waals surface area contributed by atoms with Gasteiger partial charge in [-0.2, -0.15) is 5.10 Å². The first-order valence-electron chi connectivity index (χ1n) is 10.2. The fraction of sp³-hybridized carbons (Fsp3) is 0.700. The molecular weight excluding hydrogens is 324 g/mol. The molecule has 2 fully saturated rings. The number of anilines is 1. The van der Waals surface area contributed by atoms with Crippen LogP contribution < -0.4 is 15.5 Å². The highest BCUT2D eigenvalue weighted by Crippen LogP contribution is 2.23. The smallest absolute Gasteiger partial charge is 0.160 e. The maximum absolute atomic E-state index is 4.96. The number of aryl methyl sites for hydroxylation is 1. The second-order valence-electron chi connectivity index (χ2n) is 7.97. The Morgan fingerprint density at radius 1 is 1.19 bits per heavy atom. The Morgan fingerprint density at radius 2 is 2.00 bits per heavy atom. The lowest BCUT2D eigenvalue weighted by atomic mass is 10.0. The van der Waals surface area contributed by atoms with Gasteiger partial charge in [0.1, 0.15) is 5.82 Å². The number of nitrogens with zero attached hydrogens (tertiary/aromatic N) is 4. The lowest BCUT2D eigenvalue weighted by molar-refractivity contribution is 0.330. The molecule has 2 atom stereocenters. The number of hydrogen-bond acceptors (Lipinski definition) is 5. The van der Waals surface area contributed by atoms with Gasteiger partial charge in [0, 0.05) is 44.2 Å². The van der Waals surface area contributed by atoms with Gasteiger partial charge in [0.25, 0.3) is 0 Å². The van der Waals surface area contributed by atoms with Gasteiger partial charge in [0.05, 0.1) is 5.69 Å². The Bertz CT molecular complexity index is 731. The molecule has 4 rings (SSSR count). The number of nitrogens with one attached hydrogen (secondary N) is 2. The van der Waals surface area contributed by atoms with Crippen LogP contribution in [-0.4, -0.2) is 46.5 Å². The van der Waals surface area contributed by atoms with Crippen molar-refractivity contribution in [1.82, 2.24) is 25.4 Å². The highest BCUT2D eigenvalue weighted by Gasteiger charge is 2.19. The fourth-order valence-corrected chi connectivity index (χ4v) is 4.36. The molecule has 2 N–H and O–H groups in total. The zero-order valence-electron chi connectivity index (χ0n) is 16.2. The Balaban J connectivity index is 1.50. The summed E-state index contributed by atoms with van der Waals surface area (Å²) in [7, 11) is 2.01. The molecule has 0 aromatic carbocycles. The third-order valence-corrected chi connectivity index (χ3v) is 5.86. The van der Waals surface area contributed by atoms with E-state index in [2.05, 4.69) is 34.6 Å². The minimum Gasteiger partial charge on any atom is -0.357 e. The van der Waals surface area contributed by atoms with Crippen LogP contribution in [0, 0.1) is 0 Å². The van der Waals surface area contributed by atoms with Gasteiger partial charge in [0.2, 0.25) is 0 Å². The van der Waals surface area contributed by atoms with E-state index in [1.807, 2.05) is 11.7 Å². The van der Waals surface area contributed by atoms with E-state index in [-0.39, 0.29) is 0 Å². The molecule has 2 saturated heterocycles. The average molecular weight is 357 g/mol. The second-order valence-corrected chi connectivity index (χ2v) is 7.97. The highest BCUT2D eigenvalue weighted by molar-refractivity contribution is 5.80. The normalized spacial score (nSPS) is 24.8. The van der Waals surface area contributed by atoms with Gasteiger partial charge >= 0.3 is 0 Å². The minimum atomic E-state index is 0.577. The molecule has 142 valence electrons. The molecule has 0 aliphatic carbocycles.